The molecule has 4 rings (SSSR count). The molecule has 1 aliphatic carbocycles. The number of amides is 4. The number of benzene rings is 2. The number of urea groups is 1. The third kappa shape index (κ3) is 4.07. The molecule has 4 amide bonds. The summed E-state index contributed by atoms with van der Waals surface area (Å²) in [6.07, 6.45) is 4.86. The SMILES string of the molecule is CCCc1ccc([C@]2(C)NC(=O)N(CC(=O)N[C@H]3CCCc4ccccc43)C2=O)cc1. The van der Waals surface area contributed by atoms with Crippen LogP contribution in [0.2, 0.25) is 0 Å². The van der Waals surface area contributed by atoms with Gasteiger partial charge in [0.1, 0.15) is 12.1 Å². The van der Waals surface area contributed by atoms with Gasteiger partial charge in [-0.1, -0.05) is 61.9 Å². The Morgan fingerprint density at radius 2 is 1.90 bits per heavy atom. The molecule has 1 saturated heterocycles. The smallest absolute Gasteiger partial charge is 0.325 e. The van der Waals surface area contributed by atoms with Gasteiger partial charge in [-0.3, -0.25) is 14.5 Å². The maximum Gasteiger partial charge on any atom is 0.325 e. The van der Waals surface area contributed by atoms with Gasteiger partial charge in [-0.15, -0.1) is 0 Å². The number of fused-ring (bicyclic) bond motifs is 1. The van der Waals surface area contributed by atoms with Crippen LogP contribution in [-0.2, 0) is 28.0 Å². The molecule has 1 fully saturated rings. The van der Waals surface area contributed by atoms with E-state index in [-0.39, 0.29) is 18.5 Å². The second-order valence-corrected chi connectivity index (χ2v) is 8.60. The maximum absolute atomic E-state index is 13.1. The number of carbonyl (C=O) groups is 3. The van der Waals surface area contributed by atoms with E-state index in [0.29, 0.717) is 0 Å². The highest BCUT2D eigenvalue weighted by Crippen LogP contribution is 2.31. The molecule has 2 aromatic rings. The molecular formula is C25H29N3O3. The van der Waals surface area contributed by atoms with Crippen molar-refractivity contribution in [1.29, 1.82) is 0 Å². The summed E-state index contributed by atoms with van der Waals surface area (Å²) < 4.78 is 0. The van der Waals surface area contributed by atoms with Gasteiger partial charge in [-0.05, 0) is 54.9 Å². The van der Waals surface area contributed by atoms with Crippen LogP contribution in [0.25, 0.3) is 0 Å². The summed E-state index contributed by atoms with van der Waals surface area (Å²) in [4.78, 5) is 39.5. The van der Waals surface area contributed by atoms with E-state index in [4.69, 9.17) is 0 Å². The minimum absolute atomic E-state index is 0.0873. The van der Waals surface area contributed by atoms with Gasteiger partial charge in [-0.25, -0.2) is 4.79 Å². The van der Waals surface area contributed by atoms with E-state index in [9.17, 15) is 14.4 Å². The van der Waals surface area contributed by atoms with Gasteiger partial charge >= 0.3 is 6.03 Å². The number of hydrogen-bond acceptors (Lipinski definition) is 3. The lowest BCUT2D eigenvalue weighted by Crippen LogP contribution is -2.44. The maximum atomic E-state index is 13.1. The van der Waals surface area contributed by atoms with Crippen LogP contribution in [0.1, 0.15) is 61.4 Å². The molecule has 0 radical (unpaired) electrons. The van der Waals surface area contributed by atoms with Crippen molar-refractivity contribution < 1.29 is 14.4 Å². The van der Waals surface area contributed by atoms with E-state index in [1.807, 2.05) is 42.5 Å². The Bertz CT molecular complexity index is 1000. The van der Waals surface area contributed by atoms with Gasteiger partial charge in [0.25, 0.3) is 5.91 Å². The van der Waals surface area contributed by atoms with Crippen LogP contribution in [0, 0.1) is 0 Å². The molecule has 0 saturated carbocycles. The van der Waals surface area contributed by atoms with Crippen LogP contribution in [0.15, 0.2) is 48.5 Å². The number of imide groups is 1. The Kier molecular flexibility index (Phi) is 5.81. The molecule has 6 heteroatoms. The fourth-order valence-corrected chi connectivity index (χ4v) is 4.62. The highest BCUT2D eigenvalue weighted by Gasteiger charge is 2.49. The molecule has 1 heterocycles. The molecule has 2 aromatic carbocycles. The van der Waals surface area contributed by atoms with Gasteiger partial charge < -0.3 is 10.6 Å². The first-order valence-electron chi connectivity index (χ1n) is 11.0. The van der Waals surface area contributed by atoms with Crippen molar-refractivity contribution >= 4 is 17.8 Å². The van der Waals surface area contributed by atoms with E-state index in [2.05, 4.69) is 23.6 Å². The Balaban J connectivity index is 1.45. The van der Waals surface area contributed by atoms with Gasteiger partial charge in [0, 0.05) is 0 Å². The summed E-state index contributed by atoms with van der Waals surface area (Å²) >= 11 is 0. The lowest BCUT2D eigenvalue weighted by Gasteiger charge is -2.27. The molecule has 31 heavy (non-hydrogen) atoms. The highest BCUT2D eigenvalue weighted by molar-refractivity contribution is 6.09. The molecule has 0 spiro atoms. The molecule has 0 unspecified atom stereocenters. The van der Waals surface area contributed by atoms with Crippen molar-refractivity contribution in [3.63, 3.8) is 0 Å². The van der Waals surface area contributed by atoms with Gasteiger partial charge in [0.15, 0.2) is 0 Å². The standard InChI is InChI=1S/C25H29N3O3/c1-3-7-17-12-14-19(15-13-17)25(2)23(30)28(24(31)27-25)16-22(29)26-21-11-6-9-18-8-4-5-10-20(18)21/h4-5,8,10,12-15,21H,3,6-7,9,11,16H2,1-2H3,(H,26,29)(H,27,31)/t21-,25-/m0/s1. The van der Waals surface area contributed by atoms with Gasteiger partial charge in [0.2, 0.25) is 5.91 Å². The van der Waals surface area contributed by atoms with Crippen LogP contribution in [0.3, 0.4) is 0 Å². The Morgan fingerprint density at radius 1 is 1.16 bits per heavy atom. The average molecular weight is 420 g/mol. The summed E-state index contributed by atoms with van der Waals surface area (Å²) in [7, 11) is 0. The Labute approximate surface area is 183 Å². The normalized spacial score (nSPS) is 22.8. The number of nitrogens with one attached hydrogen (secondary N) is 2. The number of nitrogens with zero attached hydrogens (tertiary/aromatic N) is 1. The van der Waals surface area contributed by atoms with E-state index >= 15 is 0 Å². The number of carbonyl (C=O) groups excluding carboxylic acids is 3. The molecule has 2 atom stereocenters. The second-order valence-electron chi connectivity index (χ2n) is 8.60. The van der Waals surface area contributed by atoms with Crippen molar-refractivity contribution in [1.82, 2.24) is 15.5 Å². The number of rotatable bonds is 6. The largest absolute Gasteiger partial charge is 0.348 e. The predicted octanol–water partition coefficient (Wildman–Crippen LogP) is 3.60. The fourth-order valence-electron chi connectivity index (χ4n) is 4.62. The highest BCUT2D eigenvalue weighted by atomic mass is 16.2. The van der Waals surface area contributed by atoms with Crippen LogP contribution in [-0.4, -0.2) is 29.3 Å². The molecule has 6 nitrogen and oxygen atoms in total. The quantitative estimate of drug-likeness (QED) is 0.702. The van der Waals surface area contributed by atoms with Crippen LogP contribution >= 0.6 is 0 Å². The van der Waals surface area contributed by atoms with Gasteiger partial charge in [-0.2, -0.15) is 0 Å². The monoisotopic (exact) mass is 419 g/mol. The summed E-state index contributed by atoms with van der Waals surface area (Å²) in [6, 6.07) is 15.2. The van der Waals surface area contributed by atoms with Crippen LogP contribution in [0.4, 0.5) is 4.79 Å². The van der Waals surface area contributed by atoms with Crippen molar-refractivity contribution in [2.24, 2.45) is 0 Å². The minimum Gasteiger partial charge on any atom is -0.348 e. The van der Waals surface area contributed by atoms with E-state index in [1.165, 1.54) is 11.1 Å². The summed E-state index contributed by atoms with van der Waals surface area (Å²) in [5.41, 5.74) is 3.11. The zero-order chi connectivity index (χ0) is 22.0. The molecule has 1 aliphatic heterocycles. The topological polar surface area (TPSA) is 78.5 Å². The summed E-state index contributed by atoms with van der Waals surface area (Å²) in [5.74, 6) is -0.729. The molecule has 2 aliphatic rings. The van der Waals surface area contributed by atoms with E-state index in [0.717, 1.165) is 48.1 Å². The second kappa shape index (κ2) is 8.53. The summed E-state index contributed by atoms with van der Waals surface area (Å²) in [5, 5.41) is 5.80. The first-order valence-corrected chi connectivity index (χ1v) is 11.0. The van der Waals surface area contributed by atoms with Gasteiger partial charge in [0.05, 0.1) is 6.04 Å². The van der Waals surface area contributed by atoms with E-state index in [1.54, 1.807) is 6.92 Å². The first kappa shape index (κ1) is 21.1. The Hall–Kier alpha value is -3.15. The number of aryl methyl sites for hydroxylation is 2. The zero-order valence-electron chi connectivity index (χ0n) is 18.1. The molecular weight excluding hydrogens is 390 g/mol. The molecule has 0 bridgehead atoms. The van der Waals surface area contributed by atoms with Crippen LogP contribution in [0.5, 0.6) is 0 Å². The molecule has 162 valence electrons. The molecule has 0 aromatic heterocycles. The fraction of sp³-hybridized carbons (Fsp3) is 0.400. The third-order valence-electron chi connectivity index (χ3n) is 6.35. The van der Waals surface area contributed by atoms with Crippen molar-refractivity contribution in [3.8, 4) is 0 Å². The average Bonchev–Trinajstić information content (AvgIpc) is 2.98. The molecule has 2 N–H and O–H groups in total. The zero-order valence-corrected chi connectivity index (χ0v) is 18.1. The third-order valence-corrected chi connectivity index (χ3v) is 6.35. The van der Waals surface area contributed by atoms with E-state index < -0.39 is 17.5 Å². The van der Waals surface area contributed by atoms with Crippen molar-refractivity contribution in [3.05, 3.63) is 70.8 Å². The lowest BCUT2D eigenvalue weighted by atomic mass is 9.88. The minimum atomic E-state index is -1.17. The lowest BCUT2D eigenvalue weighted by molar-refractivity contribution is -0.135. The number of hydrogen-bond donors (Lipinski definition) is 2. The first-order chi connectivity index (χ1) is 14.9. The van der Waals surface area contributed by atoms with Crippen molar-refractivity contribution in [2.45, 2.75) is 57.5 Å². The van der Waals surface area contributed by atoms with Crippen LogP contribution < -0.4 is 10.6 Å². The Morgan fingerprint density at radius 3 is 2.65 bits per heavy atom. The van der Waals surface area contributed by atoms with Crippen molar-refractivity contribution in [2.75, 3.05) is 6.54 Å². The predicted molar refractivity (Wildman–Crippen MR) is 118 cm³/mol. The summed E-state index contributed by atoms with van der Waals surface area (Å²) in [6.45, 7) is 3.52.